The number of fused-ring (bicyclic) bond motifs is 1. The number of nitrogens with zero attached hydrogens (tertiary/aromatic N) is 2. The fourth-order valence-corrected chi connectivity index (χ4v) is 3.39. The average Bonchev–Trinajstić information content (AvgIpc) is 2.70. The standard InChI is InChI=1S/C21H26N2O6/c1-5-27-21(26)23-8-6-22(7-9-23)18(24)12-28-16-10-13(2)11-17-19(16)14(3)15(4)20(25)29-17/h10-11H,5-9,12H2,1-4H3. The van der Waals surface area contributed by atoms with Crippen molar-refractivity contribution >= 4 is 23.0 Å². The second kappa shape index (κ2) is 8.55. The normalized spacial score (nSPS) is 14.2. The van der Waals surface area contributed by atoms with Crippen LogP contribution in [-0.4, -0.2) is 61.2 Å². The molecule has 0 saturated carbocycles. The topological polar surface area (TPSA) is 89.3 Å². The summed E-state index contributed by atoms with van der Waals surface area (Å²) in [6, 6.07) is 3.62. The lowest BCUT2D eigenvalue weighted by Gasteiger charge is -2.34. The van der Waals surface area contributed by atoms with Gasteiger partial charge in [-0.15, -0.1) is 0 Å². The van der Waals surface area contributed by atoms with Crippen LogP contribution in [0.5, 0.6) is 5.75 Å². The lowest BCUT2D eigenvalue weighted by Crippen LogP contribution is -2.51. The summed E-state index contributed by atoms with van der Waals surface area (Å²) in [5.74, 6) is 0.359. The lowest BCUT2D eigenvalue weighted by atomic mass is 10.0. The molecule has 1 aliphatic rings. The molecular weight excluding hydrogens is 376 g/mol. The number of amides is 2. The maximum Gasteiger partial charge on any atom is 0.409 e. The zero-order valence-electron chi connectivity index (χ0n) is 17.2. The molecule has 0 N–H and O–H groups in total. The van der Waals surface area contributed by atoms with Gasteiger partial charge in [-0.2, -0.15) is 0 Å². The molecule has 156 valence electrons. The van der Waals surface area contributed by atoms with Crippen molar-refractivity contribution in [2.24, 2.45) is 0 Å². The first-order valence-electron chi connectivity index (χ1n) is 9.68. The first-order valence-corrected chi connectivity index (χ1v) is 9.68. The molecule has 8 nitrogen and oxygen atoms in total. The van der Waals surface area contributed by atoms with Gasteiger partial charge in [-0.25, -0.2) is 9.59 Å². The number of carbonyl (C=O) groups excluding carboxylic acids is 2. The van der Waals surface area contributed by atoms with Gasteiger partial charge in [0.2, 0.25) is 0 Å². The number of carbonyl (C=O) groups is 2. The third kappa shape index (κ3) is 4.36. The molecule has 8 heteroatoms. The first kappa shape index (κ1) is 20.7. The van der Waals surface area contributed by atoms with Crippen molar-refractivity contribution in [3.05, 3.63) is 39.2 Å². The van der Waals surface area contributed by atoms with E-state index in [1.165, 1.54) is 0 Å². The van der Waals surface area contributed by atoms with Crippen molar-refractivity contribution in [3.8, 4) is 5.75 Å². The van der Waals surface area contributed by atoms with E-state index in [0.717, 1.165) is 11.1 Å². The van der Waals surface area contributed by atoms with Gasteiger partial charge in [-0.3, -0.25) is 4.79 Å². The molecule has 1 aliphatic heterocycles. The van der Waals surface area contributed by atoms with E-state index in [1.807, 2.05) is 19.9 Å². The summed E-state index contributed by atoms with van der Waals surface area (Å²) in [6.07, 6.45) is -0.352. The van der Waals surface area contributed by atoms with Crippen LogP contribution in [-0.2, 0) is 9.53 Å². The number of piperazine rings is 1. The molecule has 2 aromatic rings. The van der Waals surface area contributed by atoms with E-state index >= 15 is 0 Å². The van der Waals surface area contributed by atoms with Gasteiger partial charge in [0.1, 0.15) is 11.3 Å². The second-order valence-electron chi connectivity index (χ2n) is 7.13. The predicted molar refractivity (Wildman–Crippen MR) is 107 cm³/mol. The number of hydrogen-bond acceptors (Lipinski definition) is 6. The highest BCUT2D eigenvalue weighted by atomic mass is 16.6. The van der Waals surface area contributed by atoms with E-state index in [1.54, 1.807) is 29.7 Å². The molecule has 2 amide bonds. The molecule has 0 unspecified atom stereocenters. The van der Waals surface area contributed by atoms with Crippen molar-refractivity contribution < 1.29 is 23.5 Å². The van der Waals surface area contributed by atoms with Gasteiger partial charge >= 0.3 is 11.7 Å². The summed E-state index contributed by atoms with van der Waals surface area (Å²) < 4.78 is 16.2. The van der Waals surface area contributed by atoms with Gasteiger partial charge in [0.15, 0.2) is 6.61 Å². The highest BCUT2D eigenvalue weighted by molar-refractivity contribution is 5.88. The SMILES string of the molecule is CCOC(=O)N1CCN(C(=O)COc2cc(C)cc3oc(=O)c(C)c(C)c23)CC1. The van der Waals surface area contributed by atoms with Crippen LogP contribution in [0.3, 0.4) is 0 Å². The maximum absolute atomic E-state index is 12.6. The molecule has 1 aromatic heterocycles. The average molecular weight is 402 g/mol. The van der Waals surface area contributed by atoms with Crippen LogP contribution in [0.1, 0.15) is 23.6 Å². The fourth-order valence-electron chi connectivity index (χ4n) is 3.39. The number of ether oxygens (including phenoxy) is 2. The zero-order chi connectivity index (χ0) is 21.1. The Morgan fingerprint density at radius 1 is 1.03 bits per heavy atom. The minimum Gasteiger partial charge on any atom is -0.483 e. The smallest absolute Gasteiger partial charge is 0.409 e. The highest BCUT2D eigenvalue weighted by Crippen LogP contribution is 2.30. The van der Waals surface area contributed by atoms with Crippen molar-refractivity contribution in [1.29, 1.82) is 0 Å². The van der Waals surface area contributed by atoms with E-state index < -0.39 is 0 Å². The molecule has 0 bridgehead atoms. The Hall–Kier alpha value is -3.03. The van der Waals surface area contributed by atoms with Crippen LogP contribution in [0.25, 0.3) is 11.0 Å². The van der Waals surface area contributed by atoms with Crippen molar-refractivity contribution in [2.45, 2.75) is 27.7 Å². The Bertz CT molecular complexity index is 989. The van der Waals surface area contributed by atoms with E-state index in [-0.39, 0.29) is 24.2 Å². The summed E-state index contributed by atoms with van der Waals surface area (Å²) >= 11 is 0. The Morgan fingerprint density at radius 3 is 2.34 bits per heavy atom. The van der Waals surface area contributed by atoms with Gasteiger partial charge in [0.25, 0.3) is 5.91 Å². The van der Waals surface area contributed by atoms with Gasteiger partial charge in [0.05, 0.1) is 12.0 Å². The van der Waals surface area contributed by atoms with Crippen LogP contribution in [0.4, 0.5) is 4.79 Å². The molecule has 0 atom stereocenters. The summed E-state index contributed by atoms with van der Waals surface area (Å²) in [7, 11) is 0. The third-order valence-electron chi connectivity index (χ3n) is 5.17. The van der Waals surface area contributed by atoms with Crippen molar-refractivity contribution in [2.75, 3.05) is 39.4 Å². The summed E-state index contributed by atoms with van der Waals surface area (Å²) in [6.45, 7) is 9.11. The fraction of sp³-hybridized carbons (Fsp3) is 0.476. The third-order valence-corrected chi connectivity index (χ3v) is 5.17. The minimum absolute atomic E-state index is 0.129. The molecule has 2 heterocycles. The van der Waals surface area contributed by atoms with Crippen LogP contribution in [0.2, 0.25) is 0 Å². The molecule has 0 radical (unpaired) electrons. The molecular formula is C21H26N2O6. The van der Waals surface area contributed by atoms with Crippen LogP contribution < -0.4 is 10.4 Å². The summed E-state index contributed by atoms with van der Waals surface area (Å²) in [5, 5.41) is 0.702. The van der Waals surface area contributed by atoms with Crippen molar-refractivity contribution in [3.63, 3.8) is 0 Å². The van der Waals surface area contributed by atoms with Crippen LogP contribution >= 0.6 is 0 Å². The number of benzene rings is 1. The summed E-state index contributed by atoms with van der Waals surface area (Å²) in [4.78, 5) is 39.6. The first-order chi connectivity index (χ1) is 13.8. The Kier molecular flexibility index (Phi) is 6.10. The number of rotatable bonds is 4. The van der Waals surface area contributed by atoms with Crippen LogP contribution in [0, 0.1) is 20.8 Å². The van der Waals surface area contributed by atoms with E-state index in [0.29, 0.717) is 55.1 Å². The molecule has 1 saturated heterocycles. The van der Waals surface area contributed by atoms with Crippen LogP contribution in [0.15, 0.2) is 21.3 Å². The van der Waals surface area contributed by atoms with E-state index in [2.05, 4.69) is 0 Å². The molecule has 1 aromatic carbocycles. The van der Waals surface area contributed by atoms with Gasteiger partial charge in [-0.05, 0) is 51.0 Å². The van der Waals surface area contributed by atoms with Gasteiger partial charge in [-0.1, -0.05) is 0 Å². The summed E-state index contributed by atoms with van der Waals surface area (Å²) in [5.41, 5.74) is 2.24. The molecule has 0 aliphatic carbocycles. The van der Waals surface area contributed by atoms with Gasteiger partial charge < -0.3 is 23.7 Å². The molecule has 0 spiro atoms. The Morgan fingerprint density at radius 2 is 1.69 bits per heavy atom. The van der Waals surface area contributed by atoms with E-state index in [9.17, 15) is 14.4 Å². The molecule has 3 rings (SSSR count). The van der Waals surface area contributed by atoms with Crippen molar-refractivity contribution in [1.82, 2.24) is 9.80 Å². The largest absolute Gasteiger partial charge is 0.483 e. The Balaban J connectivity index is 1.70. The molecule has 29 heavy (non-hydrogen) atoms. The quantitative estimate of drug-likeness (QED) is 0.730. The Labute approximate surface area is 169 Å². The predicted octanol–water partition coefficient (Wildman–Crippen LogP) is 2.40. The minimum atomic E-state index is -0.373. The number of hydrogen-bond donors (Lipinski definition) is 0. The van der Waals surface area contributed by atoms with E-state index in [4.69, 9.17) is 13.9 Å². The molecule has 1 fully saturated rings. The second-order valence-corrected chi connectivity index (χ2v) is 7.13. The highest BCUT2D eigenvalue weighted by Gasteiger charge is 2.25. The maximum atomic E-state index is 12.6. The zero-order valence-corrected chi connectivity index (χ0v) is 17.2. The monoisotopic (exact) mass is 402 g/mol. The van der Waals surface area contributed by atoms with Gasteiger partial charge in [0, 0.05) is 31.7 Å². The number of aryl methyl sites for hydroxylation is 2. The lowest BCUT2D eigenvalue weighted by molar-refractivity contribution is -0.134.